The average Bonchev–Trinajstić information content (AvgIpc) is 2.99. The third kappa shape index (κ3) is 3.10. The van der Waals surface area contributed by atoms with E-state index in [1.807, 2.05) is 18.2 Å². The minimum absolute atomic E-state index is 0.0825. The van der Waals surface area contributed by atoms with E-state index in [2.05, 4.69) is 25.9 Å². The van der Waals surface area contributed by atoms with Gasteiger partial charge in [0.2, 0.25) is 0 Å². The maximum absolute atomic E-state index is 12.2. The smallest absolute Gasteiger partial charge is 0.269 e. The summed E-state index contributed by atoms with van der Waals surface area (Å²) in [6, 6.07) is 7.34. The van der Waals surface area contributed by atoms with E-state index in [1.54, 1.807) is 12.3 Å². The number of nitrogens with zero attached hydrogens (tertiary/aromatic N) is 3. The maximum Gasteiger partial charge on any atom is 0.269 e. The van der Waals surface area contributed by atoms with Gasteiger partial charge in [-0.25, -0.2) is 4.68 Å². The lowest BCUT2D eigenvalue weighted by Gasteiger charge is -2.17. The molecule has 1 aromatic heterocycles. The molecule has 0 amide bonds. The van der Waals surface area contributed by atoms with Crippen LogP contribution in [0.3, 0.4) is 0 Å². The molecule has 1 aliphatic heterocycles. The van der Waals surface area contributed by atoms with Gasteiger partial charge in [-0.1, -0.05) is 6.07 Å². The summed E-state index contributed by atoms with van der Waals surface area (Å²) in [4.78, 5) is 14.4. The van der Waals surface area contributed by atoms with Gasteiger partial charge in [-0.3, -0.25) is 4.79 Å². The van der Waals surface area contributed by atoms with Gasteiger partial charge in [0.15, 0.2) is 0 Å². The monoisotopic (exact) mass is 348 g/mol. The number of rotatable bonds is 3. The topological polar surface area (TPSA) is 64.2 Å². The Morgan fingerprint density at radius 3 is 2.67 bits per heavy atom. The fourth-order valence-corrected chi connectivity index (χ4v) is 2.80. The van der Waals surface area contributed by atoms with Crippen molar-refractivity contribution in [1.82, 2.24) is 9.78 Å². The minimum atomic E-state index is -0.0825. The summed E-state index contributed by atoms with van der Waals surface area (Å²) in [5.74, 6) is 0. The Balaban J connectivity index is 1.82. The van der Waals surface area contributed by atoms with Crippen molar-refractivity contribution in [2.45, 2.75) is 19.4 Å². The van der Waals surface area contributed by atoms with Crippen LogP contribution >= 0.6 is 15.9 Å². The molecule has 3 rings (SSSR count). The number of hydrogen-bond acceptors (Lipinski definition) is 4. The van der Waals surface area contributed by atoms with Crippen LogP contribution in [0, 0.1) is 0 Å². The highest BCUT2D eigenvalue weighted by Crippen LogP contribution is 2.21. The summed E-state index contributed by atoms with van der Waals surface area (Å²) in [5, 5.41) is 4.28. The van der Waals surface area contributed by atoms with Crippen molar-refractivity contribution < 1.29 is 0 Å². The molecule has 0 bridgehead atoms. The van der Waals surface area contributed by atoms with Gasteiger partial charge in [-0.2, -0.15) is 5.10 Å². The van der Waals surface area contributed by atoms with Gasteiger partial charge in [0.05, 0.1) is 18.4 Å². The summed E-state index contributed by atoms with van der Waals surface area (Å²) in [7, 11) is 0. The third-order valence-electron chi connectivity index (χ3n) is 3.72. The zero-order chi connectivity index (χ0) is 14.8. The van der Waals surface area contributed by atoms with Gasteiger partial charge in [0.25, 0.3) is 5.56 Å². The fraction of sp³-hybridized carbons (Fsp3) is 0.333. The van der Waals surface area contributed by atoms with Crippen LogP contribution in [0.2, 0.25) is 0 Å². The molecule has 110 valence electrons. The predicted molar refractivity (Wildman–Crippen MR) is 87.6 cm³/mol. The average molecular weight is 349 g/mol. The van der Waals surface area contributed by atoms with Crippen molar-refractivity contribution in [3.63, 3.8) is 0 Å². The van der Waals surface area contributed by atoms with E-state index in [0.717, 1.165) is 28.8 Å². The molecule has 1 aromatic carbocycles. The Kier molecular flexibility index (Phi) is 3.96. The van der Waals surface area contributed by atoms with E-state index in [4.69, 9.17) is 5.73 Å². The first kappa shape index (κ1) is 14.1. The van der Waals surface area contributed by atoms with Gasteiger partial charge < -0.3 is 10.6 Å². The highest BCUT2D eigenvalue weighted by molar-refractivity contribution is 9.10. The molecule has 1 fully saturated rings. The molecule has 21 heavy (non-hydrogen) atoms. The van der Waals surface area contributed by atoms with Crippen LogP contribution in [0.15, 0.2) is 39.7 Å². The lowest BCUT2D eigenvalue weighted by atomic mass is 10.2. The quantitative estimate of drug-likeness (QED) is 0.864. The molecular formula is C15H17BrN4O. The van der Waals surface area contributed by atoms with Crippen LogP contribution < -0.4 is 16.2 Å². The molecule has 0 atom stereocenters. The highest BCUT2D eigenvalue weighted by atomic mass is 79.9. The standard InChI is InChI=1S/C15H17BrN4O/c16-13-4-3-11(7-14(13)17)10-20-15(21)8-12(9-18-20)19-5-1-2-6-19/h3-4,7-9H,1-2,5-6,10,17H2. The number of benzene rings is 1. The summed E-state index contributed by atoms with van der Waals surface area (Å²) < 4.78 is 2.32. The lowest BCUT2D eigenvalue weighted by molar-refractivity contribution is 0.637. The molecule has 0 unspecified atom stereocenters. The second kappa shape index (κ2) is 5.89. The SMILES string of the molecule is Nc1cc(Cn2ncc(N3CCCC3)cc2=O)ccc1Br. The number of nitrogen functional groups attached to an aromatic ring is 1. The number of aromatic nitrogens is 2. The van der Waals surface area contributed by atoms with Crippen LogP contribution in [0.1, 0.15) is 18.4 Å². The Morgan fingerprint density at radius 2 is 2.00 bits per heavy atom. The molecule has 0 saturated carbocycles. The Hall–Kier alpha value is -1.82. The third-order valence-corrected chi connectivity index (χ3v) is 4.44. The first-order valence-corrected chi connectivity index (χ1v) is 7.79. The molecular weight excluding hydrogens is 332 g/mol. The van der Waals surface area contributed by atoms with E-state index >= 15 is 0 Å². The van der Waals surface area contributed by atoms with Crippen LogP contribution in [-0.2, 0) is 6.54 Å². The van der Waals surface area contributed by atoms with Crippen molar-refractivity contribution in [2.24, 2.45) is 0 Å². The lowest BCUT2D eigenvalue weighted by Crippen LogP contribution is -2.26. The van der Waals surface area contributed by atoms with E-state index in [9.17, 15) is 4.79 Å². The molecule has 2 N–H and O–H groups in total. The largest absolute Gasteiger partial charge is 0.398 e. The molecule has 0 spiro atoms. The zero-order valence-corrected chi connectivity index (χ0v) is 13.2. The van der Waals surface area contributed by atoms with E-state index < -0.39 is 0 Å². The van der Waals surface area contributed by atoms with Crippen LogP contribution in [0.4, 0.5) is 11.4 Å². The Morgan fingerprint density at radius 1 is 1.24 bits per heavy atom. The van der Waals surface area contributed by atoms with Crippen molar-refractivity contribution in [3.05, 3.63) is 50.9 Å². The van der Waals surface area contributed by atoms with E-state index in [-0.39, 0.29) is 5.56 Å². The number of nitrogens with two attached hydrogens (primary N) is 1. The fourth-order valence-electron chi connectivity index (χ4n) is 2.56. The van der Waals surface area contributed by atoms with Crippen molar-refractivity contribution in [3.8, 4) is 0 Å². The molecule has 2 heterocycles. The van der Waals surface area contributed by atoms with Crippen molar-refractivity contribution >= 4 is 27.3 Å². The molecule has 6 heteroatoms. The van der Waals surface area contributed by atoms with Gasteiger partial charge in [-0.15, -0.1) is 0 Å². The first-order chi connectivity index (χ1) is 10.1. The van der Waals surface area contributed by atoms with Crippen molar-refractivity contribution in [1.29, 1.82) is 0 Å². The number of halogens is 1. The second-order valence-corrected chi connectivity index (χ2v) is 6.11. The zero-order valence-electron chi connectivity index (χ0n) is 11.6. The second-order valence-electron chi connectivity index (χ2n) is 5.26. The van der Waals surface area contributed by atoms with Crippen LogP contribution in [0.5, 0.6) is 0 Å². The molecule has 2 aromatic rings. The van der Waals surface area contributed by atoms with E-state index in [0.29, 0.717) is 12.2 Å². The summed E-state index contributed by atoms with van der Waals surface area (Å²) >= 11 is 3.36. The molecule has 1 aliphatic rings. The number of anilines is 2. The predicted octanol–water partition coefficient (Wildman–Crippen LogP) is 2.24. The normalized spacial score (nSPS) is 14.6. The maximum atomic E-state index is 12.2. The Labute approximate surface area is 131 Å². The van der Waals surface area contributed by atoms with Crippen LogP contribution in [-0.4, -0.2) is 22.9 Å². The molecule has 5 nitrogen and oxygen atoms in total. The van der Waals surface area contributed by atoms with E-state index in [1.165, 1.54) is 17.5 Å². The Bertz CT molecular complexity index is 707. The molecule has 0 radical (unpaired) electrons. The number of hydrogen-bond donors (Lipinski definition) is 1. The van der Waals surface area contributed by atoms with Crippen molar-refractivity contribution in [2.75, 3.05) is 23.7 Å². The van der Waals surface area contributed by atoms with Gasteiger partial charge in [-0.05, 0) is 46.5 Å². The first-order valence-electron chi connectivity index (χ1n) is 6.99. The van der Waals surface area contributed by atoms with Gasteiger partial charge in [0, 0.05) is 29.3 Å². The molecule has 0 aliphatic carbocycles. The molecule has 1 saturated heterocycles. The highest BCUT2D eigenvalue weighted by Gasteiger charge is 2.13. The van der Waals surface area contributed by atoms with Gasteiger partial charge in [0.1, 0.15) is 0 Å². The van der Waals surface area contributed by atoms with Gasteiger partial charge >= 0.3 is 0 Å². The van der Waals surface area contributed by atoms with Crippen LogP contribution in [0.25, 0.3) is 0 Å². The minimum Gasteiger partial charge on any atom is -0.398 e. The summed E-state index contributed by atoms with van der Waals surface area (Å²) in [5.41, 5.74) is 8.31. The summed E-state index contributed by atoms with van der Waals surface area (Å²) in [6.07, 6.45) is 4.14. The summed E-state index contributed by atoms with van der Waals surface area (Å²) in [6.45, 7) is 2.44.